The van der Waals surface area contributed by atoms with Crippen LogP contribution in [-0.2, 0) is 14.3 Å². The molecule has 2 aromatic rings. The molecule has 152 valence electrons. The fraction of sp³-hybridized carbons (Fsp3) is 0.286. The Hall–Kier alpha value is -2.51. The molecule has 8 heteroatoms. The van der Waals surface area contributed by atoms with Crippen LogP contribution in [0.2, 0.25) is 5.02 Å². The van der Waals surface area contributed by atoms with Gasteiger partial charge in [0.2, 0.25) is 0 Å². The lowest BCUT2D eigenvalue weighted by Gasteiger charge is -2.11. The predicted molar refractivity (Wildman–Crippen MR) is 114 cm³/mol. The third kappa shape index (κ3) is 4.26. The third-order valence-corrected chi connectivity index (χ3v) is 5.95. The van der Waals surface area contributed by atoms with E-state index in [0.29, 0.717) is 5.02 Å². The van der Waals surface area contributed by atoms with Gasteiger partial charge >= 0.3 is 5.97 Å². The number of rotatable bonds is 5. The molecule has 1 aromatic heterocycles. The monoisotopic (exact) mass is 432 g/mol. The first-order valence-electron chi connectivity index (χ1n) is 9.09. The Kier molecular flexibility index (Phi) is 6.19. The smallest absolute Gasteiger partial charge is 0.326 e. The largest absolute Gasteiger partial charge is 0.465 e. The molecule has 2 heterocycles. The number of carbonyl (C=O) groups is 3. The van der Waals surface area contributed by atoms with Crippen molar-refractivity contribution in [3.8, 4) is 5.69 Å². The molecular formula is C21H21ClN2O4S. The molecular weight excluding hydrogens is 412 g/mol. The van der Waals surface area contributed by atoms with Crippen molar-refractivity contribution in [2.45, 2.75) is 27.7 Å². The van der Waals surface area contributed by atoms with E-state index in [1.165, 1.54) is 0 Å². The van der Waals surface area contributed by atoms with Crippen molar-refractivity contribution in [2.24, 2.45) is 0 Å². The fourth-order valence-electron chi connectivity index (χ4n) is 3.17. The lowest BCUT2D eigenvalue weighted by atomic mass is 10.2. The first kappa shape index (κ1) is 21.2. The Morgan fingerprint density at radius 2 is 1.93 bits per heavy atom. The summed E-state index contributed by atoms with van der Waals surface area (Å²) in [4.78, 5) is 37.6. The second-order valence-electron chi connectivity index (χ2n) is 6.67. The summed E-state index contributed by atoms with van der Waals surface area (Å²) in [6.07, 6.45) is 1.69. The Balaban J connectivity index is 1.91. The van der Waals surface area contributed by atoms with Crippen LogP contribution in [0.5, 0.6) is 0 Å². The van der Waals surface area contributed by atoms with Gasteiger partial charge in [-0.2, -0.15) is 0 Å². The normalized spacial score (nSPS) is 15.5. The summed E-state index contributed by atoms with van der Waals surface area (Å²) in [5.74, 6) is -1.10. The summed E-state index contributed by atoms with van der Waals surface area (Å²) in [6.45, 7) is 7.33. The van der Waals surface area contributed by atoms with Crippen molar-refractivity contribution in [2.75, 3.05) is 13.2 Å². The van der Waals surface area contributed by atoms with E-state index in [9.17, 15) is 14.4 Å². The van der Waals surface area contributed by atoms with E-state index in [-0.39, 0.29) is 18.1 Å². The van der Waals surface area contributed by atoms with Gasteiger partial charge in [-0.3, -0.25) is 19.3 Å². The van der Waals surface area contributed by atoms with Crippen LogP contribution in [-0.4, -0.2) is 39.7 Å². The highest BCUT2D eigenvalue weighted by Gasteiger charge is 2.36. The molecule has 0 atom stereocenters. The topological polar surface area (TPSA) is 68.6 Å². The molecule has 0 bridgehead atoms. The minimum absolute atomic E-state index is 0.194. The molecule has 0 spiro atoms. The van der Waals surface area contributed by atoms with Crippen LogP contribution in [0.1, 0.15) is 29.4 Å². The summed E-state index contributed by atoms with van der Waals surface area (Å²) in [5.41, 5.74) is 4.62. The Labute approximate surface area is 178 Å². The van der Waals surface area contributed by atoms with Crippen molar-refractivity contribution in [1.82, 2.24) is 9.47 Å². The van der Waals surface area contributed by atoms with Crippen LogP contribution < -0.4 is 0 Å². The minimum atomic E-state index is -0.606. The zero-order valence-electron chi connectivity index (χ0n) is 16.6. The Morgan fingerprint density at radius 1 is 1.21 bits per heavy atom. The number of aromatic nitrogens is 1. The number of halogens is 1. The lowest BCUT2D eigenvalue weighted by molar-refractivity contribution is -0.145. The Morgan fingerprint density at radius 3 is 2.59 bits per heavy atom. The standard InChI is InChI=1S/C21H21ClN2O4S/c1-5-28-19(25)11-23-20(26)18(29-21(23)27)9-15-8-13(3)24(14(15)4)16-7-6-12(2)17(22)10-16/h6-10H,5,11H2,1-4H3/b18-9-. The average molecular weight is 433 g/mol. The molecule has 0 saturated carbocycles. The van der Waals surface area contributed by atoms with E-state index in [1.807, 2.05) is 49.6 Å². The summed E-state index contributed by atoms with van der Waals surface area (Å²) < 4.78 is 6.87. The summed E-state index contributed by atoms with van der Waals surface area (Å²) in [6, 6.07) is 7.78. The summed E-state index contributed by atoms with van der Waals surface area (Å²) >= 11 is 7.09. The van der Waals surface area contributed by atoms with Gasteiger partial charge in [-0.05, 0) is 74.9 Å². The SMILES string of the molecule is CCOC(=O)CN1C(=O)S/C(=C\c2cc(C)n(-c3ccc(C)c(Cl)c3)c2C)C1=O. The van der Waals surface area contributed by atoms with E-state index in [0.717, 1.165) is 44.9 Å². The second kappa shape index (κ2) is 8.47. The van der Waals surface area contributed by atoms with E-state index in [4.69, 9.17) is 16.3 Å². The van der Waals surface area contributed by atoms with Gasteiger partial charge in [0.15, 0.2) is 0 Å². The number of nitrogens with zero attached hydrogens (tertiary/aromatic N) is 2. The molecule has 0 radical (unpaired) electrons. The van der Waals surface area contributed by atoms with E-state index >= 15 is 0 Å². The van der Waals surface area contributed by atoms with Crippen LogP contribution in [0, 0.1) is 20.8 Å². The van der Waals surface area contributed by atoms with Gasteiger partial charge in [0.1, 0.15) is 6.54 Å². The van der Waals surface area contributed by atoms with Gasteiger partial charge in [0.05, 0.1) is 11.5 Å². The van der Waals surface area contributed by atoms with Crippen molar-refractivity contribution in [1.29, 1.82) is 0 Å². The van der Waals surface area contributed by atoms with Gasteiger partial charge < -0.3 is 9.30 Å². The molecule has 2 amide bonds. The molecule has 1 aromatic carbocycles. The van der Waals surface area contributed by atoms with Crippen molar-refractivity contribution >= 4 is 46.6 Å². The molecule has 1 saturated heterocycles. The maximum atomic E-state index is 12.6. The van der Waals surface area contributed by atoms with Gasteiger partial charge in [0, 0.05) is 22.1 Å². The lowest BCUT2D eigenvalue weighted by Crippen LogP contribution is -2.34. The van der Waals surface area contributed by atoms with Crippen LogP contribution >= 0.6 is 23.4 Å². The molecule has 0 aliphatic carbocycles. The maximum Gasteiger partial charge on any atom is 0.326 e. The number of imide groups is 1. The number of carbonyl (C=O) groups excluding carboxylic acids is 3. The third-order valence-electron chi connectivity index (χ3n) is 4.64. The van der Waals surface area contributed by atoms with Crippen molar-refractivity contribution in [3.05, 3.63) is 56.7 Å². The van der Waals surface area contributed by atoms with E-state index in [2.05, 4.69) is 0 Å². The zero-order chi connectivity index (χ0) is 21.3. The first-order valence-corrected chi connectivity index (χ1v) is 10.3. The van der Waals surface area contributed by atoms with E-state index in [1.54, 1.807) is 13.0 Å². The molecule has 6 nitrogen and oxygen atoms in total. The van der Waals surface area contributed by atoms with Crippen LogP contribution in [0.15, 0.2) is 29.2 Å². The number of esters is 1. The average Bonchev–Trinajstić information content (AvgIpc) is 3.08. The Bertz CT molecular complexity index is 1040. The molecule has 0 unspecified atom stereocenters. The van der Waals surface area contributed by atoms with Crippen LogP contribution in [0.25, 0.3) is 11.8 Å². The van der Waals surface area contributed by atoms with Gasteiger partial charge in [-0.25, -0.2) is 0 Å². The number of benzene rings is 1. The first-order chi connectivity index (χ1) is 13.7. The number of thioether (sulfide) groups is 1. The van der Waals surface area contributed by atoms with Crippen molar-refractivity contribution in [3.63, 3.8) is 0 Å². The molecule has 0 N–H and O–H groups in total. The minimum Gasteiger partial charge on any atom is -0.465 e. The molecule has 29 heavy (non-hydrogen) atoms. The number of hydrogen-bond donors (Lipinski definition) is 0. The number of ether oxygens (including phenoxy) is 1. The molecule has 3 rings (SSSR count). The highest BCUT2D eigenvalue weighted by atomic mass is 35.5. The zero-order valence-corrected chi connectivity index (χ0v) is 18.2. The van der Waals surface area contributed by atoms with Gasteiger partial charge in [-0.1, -0.05) is 17.7 Å². The quantitative estimate of drug-likeness (QED) is 0.508. The van der Waals surface area contributed by atoms with Gasteiger partial charge in [-0.15, -0.1) is 0 Å². The summed E-state index contributed by atoms with van der Waals surface area (Å²) in [5, 5.41) is 0.199. The number of aryl methyl sites for hydroxylation is 2. The number of amides is 2. The molecule has 1 aliphatic rings. The van der Waals surface area contributed by atoms with Crippen LogP contribution in [0.4, 0.5) is 4.79 Å². The fourth-order valence-corrected chi connectivity index (χ4v) is 4.17. The second-order valence-corrected chi connectivity index (χ2v) is 8.07. The van der Waals surface area contributed by atoms with Crippen molar-refractivity contribution < 1.29 is 19.1 Å². The summed E-state index contributed by atoms with van der Waals surface area (Å²) in [7, 11) is 0. The van der Waals surface area contributed by atoms with E-state index < -0.39 is 17.1 Å². The predicted octanol–water partition coefficient (Wildman–Crippen LogP) is 4.66. The maximum absolute atomic E-state index is 12.6. The van der Waals surface area contributed by atoms with Crippen LogP contribution in [0.3, 0.4) is 0 Å². The number of hydrogen-bond acceptors (Lipinski definition) is 5. The molecule has 1 fully saturated rings. The highest BCUT2D eigenvalue weighted by Crippen LogP contribution is 2.34. The highest BCUT2D eigenvalue weighted by molar-refractivity contribution is 8.18. The van der Waals surface area contributed by atoms with Gasteiger partial charge in [0.25, 0.3) is 11.1 Å². The molecule has 1 aliphatic heterocycles.